The molecule has 124 valence electrons. The third-order valence-electron chi connectivity index (χ3n) is 3.89. The quantitative estimate of drug-likeness (QED) is 0.825. The van der Waals surface area contributed by atoms with Crippen molar-refractivity contribution < 1.29 is 14.3 Å². The fourth-order valence-corrected chi connectivity index (χ4v) is 2.78. The molecule has 3 amide bonds. The van der Waals surface area contributed by atoms with Crippen LogP contribution in [-0.2, 0) is 4.79 Å². The van der Waals surface area contributed by atoms with Crippen molar-refractivity contribution in [2.24, 2.45) is 15.9 Å². The summed E-state index contributed by atoms with van der Waals surface area (Å²) in [6, 6.07) is 4.62. The number of aliphatic imine (C=N–C) groups is 2. The zero-order valence-electron chi connectivity index (χ0n) is 13.4. The number of imide groups is 1. The third kappa shape index (κ3) is 2.56. The van der Waals surface area contributed by atoms with Gasteiger partial charge in [-0.1, -0.05) is 11.6 Å². The summed E-state index contributed by atoms with van der Waals surface area (Å²) in [4.78, 5) is 35.7. The Morgan fingerprint density at radius 1 is 1.25 bits per heavy atom. The van der Waals surface area contributed by atoms with Gasteiger partial charge in [-0.2, -0.15) is 0 Å². The highest BCUT2D eigenvalue weighted by atomic mass is 35.5. The van der Waals surface area contributed by atoms with Gasteiger partial charge in [-0.05, 0) is 24.3 Å². The lowest BCUT2D eigenvalue weighted by Crippen LogP contribution is -2.59. The van der Waals surface area contributed by atoms with Gasteiger partial charge in [0.05, 0.1) is 12.8 Å². The molecule has 1 atom stereocenters. The number of fused-ring (bicyclic) bond motifs is 1. The number of methoxy groups -OCH3 is 1. The highest BCUT2D eigenvalue weighted by Gasteiger charge is 2.43. The summed E-state index contributed by atoms with van der Waals surface area (Å²) in [6.45, 7) is 0. The monoisotopic (exact) mass is 346 g/mol. The van der Waals surface area contributed by atoms with Gasteiger partial charge in [-0.3, -0.25) is 14.6 Å². The van der Waals surface area contributed by atoms with E-state index in [-0.39, 0.29) is 5.91 Å². The minimum atomic E-state index is -0.744. The van der Waals surface area contributed by atoms with Crippen molar-refractivity contribution in [3.63, 3.8) is 0 Å². The van der Waals surface area contributed by atoms with Crippen LogP contribution in [0.2, 0.25) is 5.02 Å². The van der Waals surface area contributed by atoms with Crippen molar-refractivity contribution in [3.8, 4) is 5.75 Å². The first-order chi connectivity index (χ1) is 11.4. The number of ether oxygens (including phenoxy) is 1. The second-order valence-corrected chi connectivity index (χ2v) is 5.76. The Balaban J connectivity index is 2.08. The number of nitrogens with zero attached hydrogens (tertiary/aromatic N) is 4. The topological polar surface area (TPSA) is 74.6 Å². The molecule has 24 heavy (non-hydrogen) atoms. The molecule has 0 bridgehead atoms. The fraction of sp³-hybridized carbons (Fsp3) is 0.250. The predicted molar refractivity (Wildman–Crippen MR) is 91.1 cm³/mol. The Hall–Kier alpha value is -2.67. The van der Waals surface area contributed by atoms with Gasteiger partial charge in [0.25, 0.3) is 0 Å². The molecule has 3 rings (SSSR count). The molecule has 1 aromatic carbocycles. The Kier molecular flexibility index (Phi) is 4.11. The first-order valence-corrected chi connectivity index (χ1v) is 7.53. The maximum Gasteiger partial charge on any atom is 0.331 e. The lowest BCUT2D eigenvalue weighted by atomic mass is 9.95. The average molecular weight is 347 g/mol. The van der Waals surface area contributed by atoms with E-state index in [1.165, 1.54) is 25.3 Å². The van der Waals surface area contributed by atoms with Gasteiger partial charge >= 0.3 is 6.03 Å². The molecular weight excluding hydrogens is 332 g/mol. The zero-order valence-corrected chi connectivity index (χ0v) is 14.1. The lowest BCUT2D eigenvalue weighted by Gasteiger charge is -2.36. The molecular formula is C16H15ClN4O3. The molecule has 2 heterocycles. The van der Waals surface area contributed by atoms with Crippen molar-refractivity contribution in [1.82, 2.24) is 9.80 Å². The summed E-state index contributed by atoms with van der Waals surface area (Å²) in [6.07, 6.45) is 3.16. The first-order valence-electron chi connectivity index (χ1n) is 7.15. The number of allylic oxidation sites excluding steroid dienone is 1. The number of urea groups is 1. The van der Waals surface area contributed by atoms with Crippen LogP contribution >= 0.6 is 11.6 Å². The summed E-state index contributed by atoms with van der Waals surface area (Å²) in [5.74, 6) is -0.233. The molecule has 1 fully saturated rings. The van der Waals surface area contributed by atoms with E-state index in [9.17, 15) is 9.59 Å². The second-order valence-electron chi connectivity index (χ2n) is 5.33. The van der Waals surface area contributed by atoms with E-state index in [1.54, 1.807) is 31.3 Å². The summed E-state index contributed by atoms with van der Waals surface area (Å²) >= 11 is 6.03. The number of benzene rings is 1. The SMILES string of the molecule is COc1ccc(Cl)cc1N=C1C=CN=C2C1C(=O)N(C)C(=O)N2C. The number of amidine groups is 1. The van der Waals surface area contributed by atoms with Gasteiger partial charge in [0.15, 0.2) is 0 Å². The van der Waals surface area contributed by atoms with Crippen molar-refractivity contribution >= 4 is 40.8 Å². The summed E-state index contributed by atoms with van der Waals surface area (Å²) in [5.41, 5.74) is 0.970. The smallest absolute Gasteiger partial charge is 0.331 e. The number of carbonyl (C=O) groups excluding carboxylic acids is 2. The molecule has 1 saturated heterocycles. The Bertz CT molecular complexity index is 816. The van der Waals surface area contributed by atoms with Gasteiger partial charge < -0.3 is 4.74 Å². The van der Waals surface area contributed by atoms with E-state index in [0.29, 0.717) is 28.0 Å². The van der Waals surface area contributed by atoms with Gasteiger partial charge in [0, 0.05) is 25.3 Å². The average Bonchev–Trinajstić information content (AvgIpc) is 2.58. The number of halogens is 1. The maximum atomic E-state index is 12.6. The summed E-state index contributed by atoms with van der Waals surface area (Å²) in [5, 5.41) is 0.503. The van der Waals surface area contributed by atoms with Crippen molar-refractivity contribution in [1.29, 1.82) is 0 Å². The van der Waals surface area contributed by atoms with Crippen LogP contribution in [0.25, 0.3) is 0 Å². The highest BCUT2D eigenvalue weighted by molar-refractivity contribution is 6.32. The minimum absolute atomic E-state index is 0.352. The second kappa shape index (κ2) is 6.09. The van der Waals surface area contributed by atoms with Crippen LogP contribution in [0.15, 0.2) is 40.5 Å². The number of carbonyl (C=O) groups is 2. The van der Waals surface area contributed by atoms with E-state index in [4.69, 9.17) is 16.3 Å². The highest BCUT2D eigenvalue weighted by Crippen LogP contribution is 2.32. The molecule has 0 saturated carbocycles. The minimum Gasteiger partial charge on any atom is -0.494 e. The van der Waals surface area contributed by atoms with E-state index in [0.717, 1.165) is 4.90 Å². The first kappa shape index (κ1) is 16.2. The van der Waals surface area contributed by atoms with E-state index in [2.05, 4.69) is 9.98 Å². The Labute approximate surface area is 143 Å². The number of amides is 3. The largest absolute Gasteiger partial charge is 0.494 e. The molecule has 2 aliphatic rings. The molecule has 8 heteroatoms. The Morgan fingerprint density at radius 3 is 2.71 bits per heavy atom. The number of hydrogen-bond acceptors (Lipinski definition) is 5. The fourth-order valence-electron chi connectivity index (χ4n) is 2.61. The van der Waals surface area contributed by atoms with Crippen molar-refractivity contribution in [2.45, 2.75) is 0 Å². The molecule has 0 N–H and O–H groups in total. The van der Waals surface area contributed by atoms with Gasteiger partial charge in [0.1, 0.15) is 23.2 Å². The van der Waals surface area contributed by atoms with Crippen LogP contribution in [0.3, 0.4) is 0 Å². The molecule has 0 radical (unpaired) electrons. The molecule has 0 spiro atoms. The van der Waals surface area contributed by atoms with Crippen LogP contribution in [0.5, 0.6) is 5.75 Å². The van der Waals surface area contributed by atoms with Gasteiger partial charge in [0.2, 0.25) is 5.91 Å². The molecule has 1 aromatic rings. The maximum absolute atomic E-state index is 12.6. The Morgan fingerprint density at radius 2 is 2.00 bits per heavy atom. The normalized spacial score (nSPS) is 21.9. The number of rotatable bonds is 2. The van der Waals surface area contributed by atoms with Crippen LogP contribution in [-0.4, -0.2) is 54.5 Å². The predicted octanol–water partition coefficient (Wildman–Crippen LogP) is 2.49. The van der Waals surface area contributed by atoms with Gasteiger partial charge in [-0.15, -0.1) is 0 Å². The van der Waals surface area contributed by atoms with Crippen molar-refractivity contribution in [3.05, 3.63) is 35.5 Å². The molecule has 2 aliphatic heterocycles. The van der Waals surface area contributed by atoms with E-state index in [1.807, 2.05) is 0 Å². The van der Waals surface area contributed by atoms with Crippen LogP contribution in [0.1, 0.15) is 0 Å². The zero-order chi connectivity index (χ0) is 17.4. The summed E-state index contributed by atoms with van der Waals surface area (Å²) < 4.78 is 5.28. The van der Waals surface area contributed by atoms with Crippen molar-refractivity contribution in [2.75, 3.05) is 21.2 Å². The standard InChI is InChI=1S/C16H15ClN4O3/c1-20-14-13(15(22)21(2)16(20)23)10(6-7-18-14)19-11-8-9(17)4-5-12(11)24-3/h4-8,13H,1-3H3. The van der Waals surface area contributed by atoms with E-state index < -0.39 is 11.9 Å². The van der Waals surface area contributed by atoms with Gasteiger partial charge in [-0.25, -0.2) is 14.8 Å². The van der Waals surface area contributed by atoms with Crippen LogP contribution in [0.4, 0.5) is 10.5 Å². The van der Waals surface area contributed by atoms with Crippen LogP contribution in [0, 0.1) is 5.92 Å². The molecule has 0 aromatic heterocycles. The number of hydrogen-bond donors (Lipinski definition) is 0. The molecule has 0 aliphatic carbocycles. The molecule has 7 nitrogen and oxygen atoms in total. The van der Waals surface area contributed by atoms with E-state index >= 15 is 0 Å². The molecule has 1 unspecified atom stereocenters. The third-order valence-corrected chi connectivity index (χ3v) is 4.13. The lowest BCUT2D eigenvalue weighted by molar-refractivity contribution is -0.128. The summed E-state index contributed by atoms with van der Waals surface area (Å²) in [7, 11) is 4.55. The van der Waals surface area contributed by atoms with Crippen LogP contribution < -0.4 is 4.74 Å².